The van der Waals surface area contributed by atoms with Gasteiger partial charge in [0.25, 0.3) is 0 Å². The third-order valence-electron chi connectivity index (χ3n) is 1.85. The standard InChI is InChI=1S/C6H9N3O8/c1-2-17-5(10)3-4-6(7(11)12,8(13)14)9(15)16/h2-4H2,1H3. The third-order valence-corrected chi connectivity index (χ3v) is 1.85. The summed E-state index contributed by atoms with van der Waals surface area (Å²) in [7, 11) is 0. The predicted octanol–water partition coefficient (Wildman–Crippen LogP) is -0.186. The number of carbonyl (C=O) groups excluding carboxylic acids is 1. The molecule has 0 saturated heterocycles. The minimum Gasteiger partial charge on any atom is -0.466 e. The zero-order valence-corrected chi connectivity index (χ0v) is 8.73. The van der Waals surface area contributed by atoms with E-state index >= 15 is 0 Å². The second-order valence-electron chi connectivity index (χ2n) is 2.85. The molecule has 0 rings (SSSR count). The van der Waals surface area contributed by atoms with Crippen molar-refractivity contribution in [3.8, 4) is 0 Å². The molecule has 11 nitrogen and oxygen atoms in total. The summed E-state index contributed by atoms with van der Waals surface area (Å²) in [5, 5.41) is 31.3. The van der Waals surface area contributed by atoms with Crippen LogP contribution < -0.4 is 0 Å². The van der Waals surface area contributed by atoms with Gasteiger partial charge in [0.2, 0.25) is 0 Å². The molecule has 0 atom stereocenters. The van der Waals surface area contributed by atoms with Crippen molar-refractivity contribution in [1.82, 2.24) is 0 Å². The van der Waals surface area contributed by atoms with Crippen molar-refractivity contribution in [3.63, 3.8) is 0 Å². The zero-order valence-electron chi connectivity index (χ0n) is 8.73. The quantitative estimate of drug-likeness (QED) is 0.261. The molecule has 11 heteroatoms. The normalized spacial score (nSPS) is 10.6. The van der Waals surface area contributed by atoms with E-state index in [9.17, 15) is 35.1 Å². The van der Waals surface area contributed by atoms with Crippen LogP contribution in [0.2, 0.25) is 0 Å². The Hall–Kier alpha value is -2.33. The van der Waals surface area contributed by atoms with Crippen molar-refractivity contribution < 1.29 is 24.3 Å². The molecular formula is C6H9N3O8. The molecule has 0 aliphatic rings. The Morgan fingerprint density at radius 1 is 1.12 bits per heavy atom. The third kappa shape index (κ3) is 3.06. The van der Waals surface area contributed by atoms with Crippen molar-refractivity contribution in [1.29, 1.82) is 0 Å². The fraction of sp³-hybridized carbons (Fsp3) is 0.833. The Labute approximate surface area is 93.8 Å². The summed E-state index contributed by atoms with van der Waals surface area (Å²) < 4.78 is 4.37. The molecular weight excluding hydrogens is 242 g/mol. The average Bonchev–Trinajstić information content (AvgIpc) is 2.17. The lowest BCUT2D eigenvalue weighted by Gasteiger charge is -2.08. The molecule has 0 unspecified atom stereocenters. The fourth-order valence-electron chi connectivity index (χ4n) is 0.977. The number of ether oxygens (including phenoxy) is 1. The first-order valence-corrected chi connectivity index (χ1v) is 4.38. The van der Waals surface area contributed by atoms with E-state index in [0.29, 0.717) is 0 Å². The summed E-state index contributed by atoms with van der Waals surface area (Å²) in [6.45, 7) is 1.43. The van der Waals surface area contributed by atoms with E-state index in [1.54, 1.807) is 0 Å². The van der Waals surface area contributed by atoms with Crippen LogP contribution in [-0.4, -0.2) is 33.1 Å². The van der Waals surface area contributed by atoms with Gasteiger partial charge >= 0.3 is 11.8 Å². The smallest absolute Gasteiger partial charge is 0.466 e. The van der Waals surface area contributed by atoms with Crippen molar-refractivity contribution >= 4 is 5.97 Å². The van der Waals surface area contributed by atoms with E-state index in [0.717, 1.165) is 0 Å². The van der Waals surface area contributed by atoms with E-state index in [-0.39, 0.29) is 6.61 Å². The molecule has 0 spiro atoms. The molecule has 0 N–H and O–H groups in total. The van der Waals surface area contributed by atoms with Gasteiger partial charge in [0.05, 0.1) is 13.0 Å². The van der Waals surface area contributed by atoms with Crippen molar-refractivity contribution in [3.05, 3.63) is 30.3 Å². The number of nitrogens with zero attached hydrogens (tertiary/aromatic N) is 3. The minimum absolute atomic E-state index is 0.0266. The molecule has 0 fully saturated rings. The zero-order chi connectivity index (χ0) is 13.6. The van der Waals surface area contributed by atoms with Gasteiger partial charge in [0.1, 0.15) is 0 Å². The van der Waals surface area contributed by atoms with Crippen LogP contribution >= 0.6 is 0 Å². The lowest BCUT2D eigenvalue weighted by molar-refractivity contribution is -0.970. The molecule has 0 bridgehead atoms. The van der Waals surface area contributed by atoms with Crippen LogP contribution in [0.5, 0.6) is 0 Å². The Balaban J connectivity index is 4.95. The molecule has 0 aromatic rings. The SMILES string of the molecule is CCOC(=O)CCC([N+](=O)[O-])([N+](=O)[O-])[N+](=O)[O-]. The van der Waals surface area contributed by atoms with Gasteiger partial charge in [0, 0.05) is 0 Å². The van der Waals surface area contributed by atoms with E-state index in [4.69, 9.17) is 0 Å². The number of nitro groups is 3. The Morgan fingerprint density at radius 2 is 1.53 bits per heavy atom. The van der Waals surface area contributed by atoms with Crippen LogP contribution in [0.15, 0.2) is 0 Å². The molecule has 0 aliphatic carbocycles. The van der Waals surface area contributed by atoms with Gasteiger partial charge in [-0.3, -0.25) is 35.1 Å². The van der Waals surface area contributed by atoms with Crippen molar-refractivity contribution in [2.75, 3.05) is 6.61 Å². The highest BCUT2D eigenvalue weighted by Crippen LogP contribution is 2.19. The summed E-state index contributed by atoms with van der Waals surface area (Å²) in [5.41, 5.74) is 0. The average molecular weight is 251 g/mol. The van der Waals surface area contributed by atoms with Gasteiger partial charge in [-0.2, -0.15) is 0 Å². The molecule has 96 valence electrons. The first-order chi connectivity index (χ1) is 7.78. The molecule has 0 radical (unpaired) electrons. The molecule has 0 aromatic carbocycles. The molecule has 0 amide bonds. The van der Waals surface area contributed by atoms with Gasteiger partial charge in [-0.1, -0.05) is 0 Å². The fourth-order valence-corrected chi connectivity index (χ4v) is 0.977. The van der Waals surface area contributed by atoms with Crippen molar-refractivity contribution in [2.24, 2.45) is 0 Å². The molecule has 0 aliphatic heterocycles. The number of carbonyl (C=O) groups is 1. The molecule has 0 heterocycles. The topological polar surface area (TPSA) is 156 Å². The summed E-state index contributed by atoms with van der Waals surface area (Å²) in [4.78, 5) is 37.3. The van der Waals surface area contributed by atoms with Crippen LogP contribution in [0.25, 0.3) is 0 Å². The van der Waals surface area contributed by atoms with Gasteiger partial charge in [0.15, 0.2) is 21.2 Å². The van der Waals surface area contributed by atoms with Crippen LogP contribution in [0, 0.1) is 30.3 Å². The Bertz CT molecular complexity index is 317. The Morgan fingerprint density at radius 3 is 1.82 bits per heavy atom. The van der Waals surface area contributed by atoms with E-state index in [2.05, 4.69) is 4.74 Å². The maximum absolute atomic E-state index is 10.9. The largest absolute Gasteiger partial charge is 0.700 e. The number of hydrogen-bond acceptors (Lipinski definition) is 8. The maximum Gasteiger partial charge on any atom is 0.700 e. The lowest BCUT2D eigenvalue weighted by Crippen LogP contribution is -2.53. The highest BCUT2D eigenvalue weighted by atomic mass is 16.7. The maximum atomic E-state index is 10.9. The first kappa shape index (κ1) is 14.7. The monoisotopic (exact) mass is 251 g/mol. The lowest BCUT2D eigenvalue weighted by atomic mass is 10.2. The molecule has 17 heavy (non-hydrogen) atoms. The van der Waals surface area contributed by atoms with Crippen LogP contribution in [0.4, 0.5) is 0 Å². The van der Waals surface area contributed by atoms with Gasteiger partial charge in [-0.05, 0) is 6.92 Å². The summed E-state index contributed by atoms with van der Waals surface area (Å²) >= 11 is 0. The predicted molar refractivity (Wildman–Crippen MR) is 49.6 cm³/mol. The molecule has 0 aromatic heterocycles. The minimum atomic E-state index is -3.60. The van der Waals surface area contributed by atoms with Gasteiger partial charge < -0.3 is 4.74 Å². The van der Waals surface area contributed by atoms with Gasteiger partial charge in [-0.25, -0.2) is 0 Å². The van der Waals surface area contributed by atoms with E-state index in [1.807, 2.05) is 0 Å². The summed E-state index contributed by atoms with van der Waals surface area (Å²) in [6.07, 6.45) is -1.95. The van der Waals surface area contributed by atoms with Crippen LogP contribution in [0.3, 0.4) is 0 Å². The number of rotatable bonds is 7. The number of hydrogen-bond donors (Lipinski definition) is 0. The first-order valence-electron chi connectivity index (χ1n) is 4.38. The van der Waals surface area contributed by atoms with E-state index in [1.165, 1.54) is 6.92 Å². The van der Waals surface area contributed by atoms with Crippen molar-refractivity contribution in [2.45, 2.75) is 25.6 Å². The highest BCUT2D eigenvalue weighted by Gasteiger charge is 2.69. The Kier molecular flexibility index (Phi) is 4.89. The summed E-state index contributed by atoms with van der Waals surface area (Å²) in [6, 6.07) is 0. The number of esters is 1. The summed E-state index contributed by atoms with van der Waals surface area (Å²) in [5.74, 6) is -4.57. The second kappa shape index (κ2) is 5.67. The molecule has 0 saturated carbocycles. The van der Waals surface area contributed by atoms with E-state index < -0.39 is 39.4 Å². The second-order valence-corrected chi connectivity index (χ2v) is 2.85. The highest BCUT2D eigenvalue weighted by molar-refractivity contribution is 5.69. The van der Waals surface area contributed by atoms with Crippen LogP contribution in [-0.2, 0) is 9.53 Å². The van der Waals surface area contributed by atoms with Crippen LogP contribution in [0.1, 0.15) is 19.8 Å². The van der Waals surface area contributed by atoms with Gasteiger partial charge in [-0.15, -0.1) is 0 Å².